The van der Waals surface area contributed by atoms with E-state index >= 15 is 0 Å². The Morgan fingerprint density at radius 3 is 2.75 bits per heavy atom. The molecule has 0 aliphatic heterocycles. The van der Waals surface area contributed by atoms with Crippen LogP contribution in [0, 0.1) is 11.3 Å². The van der Waals surface area contributed by atoms with Crippen molar-refractivity contribution in [1.82, 2.24) is 0 Å². The molecule has 1 aromatic carbocycles. The summed E-state index contributed by atoms with van der Waals surface area (Å²) in [5, 5.41) is 18.1. The van der Waals surface area contributed by atoms with Gasteiger partial charge in [0.05, 0.1) is 18.6 Å². The van der Waals surface area contributed by atoms with Crippen LogP contribution >= 0.6 is 11.6 Å². The zero-order valence-corrected chi connectivity index (χ0v) is 8.79. The van der Waals surface area contributed by atoms with E-state index in [1.165, 1.54) is 18.2 Å². The number of alkyl halides is 2. The fraction of sp³-hybridized carbons (Fsp3) is 0.300. The fourth-order valence-corrected chi connectivity index (χ4v) is 1.39. The molecule has 0 aliphatic carbocycles. The maximum Gasteiger partial charge on any atom is 0.387 e. The molecule has 0 radical (unpaired) electrons. The summed E-state index contributed by atoms with van der Waals surface area (Å²) >= 11 is 5.75. The summed E-state index contributed by atoms with van der Waals surface area (Å²) in [5.74, 6) is -0.105. The third-order valence-corrected chi connectivity index (χ3v) is 2.18. The van der Waals surface area contributed by atoms with Crippen LogP contribution < -0.4 is 4.74 Å². The predicted octanol–water partition coefficient (Wildman–Crippen LogP) is 2.89. The minimum atomic E-state index is -2.94. The second-order valence-electron chi connectivity index (χ2n) is 2.94. The lowest BCUT2D eigenvalue weighted by atomic mass is 10.1. The summed E-state index contributed by atoms with van der Waals surface area (Å²) in [4.78, 5) is 0. The van der Waals surface area contributed by atoms with Gasteiger partial charge in [0.2, 0.25) is 0 Å². The smallest absolute Gasteiger partial charge is 0.387 e. The first kappa shape index (κ1) is 12.7. The molecule has 1 N–H and O–H groups in total. The number of halogens is 3. The lowest BCUT2D eigenvalue weighted by Gasteiger charge is -2.11. The zero-order chi connectivity index (χ0) is 12.1. The van der Waals surface area contributed by atoms with Gasteiger partial charge in [-0.2, -0.15) is 14.0 Å². The van der Waals surface area contributed by atoms with Gasteiger partial charge in [-0.1, -0.05) is 11.6 Å². The van der Waals surface area contributed by atoms with Gasteiger partial charge in [0, 0.05) is 10.6 Å². The molecule has 0 spiro atoms. The van der Waals surface area contributed by atoms with Crippen LogP contribution in [-0.2, 0) is 0 Å². The normalized spacial score (nSPS) is 12.2. The van der Waals surface area contributed by atoms with Gasteiger partial charge in [-0.25, -0.2) is 0 Å². The molecular formula is C10H8ClF2NO2. The number of nitriles is 1. The summed E-state index contributed by atoms with van der Waals surface area (Å²) in [6, 6.07) is 5.54. The van der Waals surface area contributed by atoms with E-state index in [9.17, 15) is 13.9 Å². The fourth-order valence-electron chi connectivity index (χ4n) is 1.15. The number of aliphatic hydroxyl groups excluding tert-OH is 1. The molecule has 0 aliphatic rings. The van der Waals surface area contributed by atoms with Gasteiger partial charge in [-0.05, 0) is 18.2 Å². The minimum Gasteiger partial charge on any atom is -0.435 e. The standard InChI is InChI=1S/C10H8ClF2NO2/c11-8-2-1-6(16-10(12)13)5-7(8)9(15)3-4-14/h1-2,5,9-10,15H,3H2. The number of aliphatic hydroxyl groups is 1. The van der Waals surface area contributed by atoms with Gasteiger partial charge in [-0.15, -0.1) is 0 Å². The van der Waals surface area contributed by atoms with E-state index in [1.54, 1.807) is 6.07 Å². The first-order chi connectivity index (χ1) is 7.54. The predicted molar refractivity (Wildman–Crippen MR) is 53.3 cm³/mol. The van der Waals surface area contributed by atoms with Crippen LogP contribution in [0.1, 0.15) is 18.1 Å². The molecule has 1 aromatic rings. The summed E-state index contributed by atoms with van der Waals surface area (Å²) in [7, 11) is 0. The van der Waals surface area contributed by atoms with Gasteiger partial charge in [-0.3, -0.25) is 0 Å². The van der Waals surface area contributed by atoms with Crippen LogP contribution in [0.3, 0.4) is 0 Å². The Hall–Kier alpha value is -1.38. The van der Waals surface area contributed by atoms with Crippen LogP contribution in [0.4, 0.5) is 8.78 Å². The molecule has 1 rings (SSSR count). The number of nitrogens with zero attached hydrogens (tertiary/aromatic N) is 1. The topological polar surface area (TPSA) is 53.2 Å². The molecule has 16 heavy (non-hydrogen) atoms. The van der Waals surface area contributed by atoms with Crippen molar-refractivity contribution < 1.29 is 18.6 Å². The highest BCUT2D eigenvalue weighted by molar-refractivity contribution is 6.31. The Morgan fingerprint density at radius 1 is 1.50 bits per heavy atom. The van der Waals surface area contributed by atoms with Crippen LogP contribution in [0.25, 0.3) is 0 Å². The van der Waals surface area contributed by atoms with Gasteiger partial charge in [0.15, 0.2) is 0 Å². The Kier molecular flexibility index (Phi) is 4.47. The highest BCUT2D eigenvalue weighted by Crippen LogP contribution is 2.29. The second-order valence-corrected chi connectivity index (χ2v) is 3.35. The van der Waals surface area contributed by atoms with Crippen LogP contribution in [-0.4, -0.2) is 11.7 Å². The minimum absolute atomic E-state index is 0.105. The number of rotatable bonds is 4. The third-order valence-electron chi connectivity index (χ3n) is 1.84. The molecule has 6 heteroatoms. The van der Waals surface area contributed by atoms with Crippen molar-refractivity contribution >= 4 is 11.6 Å². The Labute approximate surface area is 95.8 Å². The van der Waals surface area contributed by atoms with E-state index in [0.717, 1.165) is 0 Å². The second kappa shape index (κ2) is 5.64. The van der Waals surface area contributed by atoms with E-state index < -0.39 is 12.7 Å². The average molecular weight is 248 g/mol. The third kappa shape index (κ3) is 3.33. The SMILES string of the molecule is N#CCC(O)c1cc(OC(F)F)ccc1Cl. The monoisotopic (exact) mass is 247 g/mol. The van der Waals surface area contributed by atoms with Crippen LogP contribution in [0.5, 0.6) is 5.75 Å². The highest BCUT2D eigenvalue weighted by Gasteiger charge is 2.14. The molecular weight excluding hydrogens is 240 g/mol. The lowest BCUT2D eigenvalue weighted by molar-refractivity contribution is -0.0499. The summed E-state index contributed by atoms with van der Waals surface area (Å²) in [5.41, 5.74) is 0.196. The Bertz CT molecular complexity index is 406. The molecule has 0 aromatic heterocycles. The van der Waals surface area contributed by atoms with Crippen LogP contribution in [0.2, 0.25) is 5.02 Å². The summed E-state index contributed by atoms with van der Waals surface area (Å²) < 4.78 is 28.0. The van der Waals surface area contributed by atoms with E-state index in [0.29, 0.717) is 0 Å². The van der Waals surface area contributed by atoms with Gasteiger partial charge >= 0.3 is 6.61 Å². The van der Waals surface area contributed by atoms with Crippen molar-refractivity contribution in [3.8, 4) is 11.8 Å². The first-order valence-corrected chi connectivity index (χ1v) is 4.71. The van der Waals surface area contributed by atoms with E-state index in [2.05, 4.69) is 4.74 Å². The highest BCUT2D eigenvalue weighted by atomic mass is 35.5. The number of ether oxygens (including phenoxy) is 1. The van der Waals surface area contributed by atoms with Gasteiger partial charge in [0.1, 0.15) is 5.75 Å². The van der Waals surface area contributed by atoms with E-state index in [1.807, 2.05) is 0 Å². The average Bonchev–Trinajstić information content (AvgIpc) is 2.20. The quantitative estimate of drug-likeness (QED) is 0.890. The van der Waals surface area contributed by atoms with E-state index in [-0.39, 0.29) is 22.8 Å². The largest absolute Gasteiger partial charge is 0.435 e. The molecule has 0 saturated heterocycles. The van der Waals surface area contributed by atoms with Crippen molar-refractivity contribution in [1.29, 1.82) is 5.26 Å². The molecule has 0 heterocycles. The molecule has 3 nitrogen and oxygen atoms in total. The molecule has 86 valence electrons. The van der Waals surface area contributed by atoms with E-state index in [4.69, 9.17) is 16.9 Å². The molecule has 0 amide bonds. The number of hydrogen-bond donors (Lipinski definition) is 1. The van der Waals surface area contributed by atoms with Crippen molar-refractivity contribution in [2.75, 3.05) is 0 Å². The molecule has 0 bridgehead atoms. The lowest BCUT2D eigenvalue weighted by Crippen LogP contribution is -2.03. The van der Waals surface area contributed by atoms with Crippen molar-refractivity contribution in [2.45, 2.75) is 19.1 Å². The number of hydrogen-bond acceptors (Lipinski definition) is 3. The maximum atomic E-state index is 11.9. The molecule has 1 atom stereocenters. The molecule has 0 saturated carbocycles. The maximum absolute atomic E-state index is 11.9. The van der Waals surface area contributed by atoms with Crippen molar-refractivity contribution in [3.05, 3.63) is 28.8 Å². The Morgan fingerprint density at radius 2 is 2.19 bits per heavy atom. The summed E-state index contributed by atoms with van der Waals surface area (Å²) in [6.07, 6.45) is -1.28. The van der Waals surface area contributed by atoms with Crippen LogP contribution in [0.15, 0.2) is 18.2 Å². The Balaban J connectivity index is 2.95. The van der Waals surface area contributed by atoms with Gasteiger partial charge < -0.3 is 9.84 Å². The number of benzene rings is 1. The molecule has 0 fully saturated rings. The van der Waals surface area contributed by atoms with Crippen molar-refractivity contribution in [3.63, 3.8) is 0 Å². The van der Waals surface area contributed by atoms with Gasteiger partial charge in [0.25, 0.3) is 0 Å². The zero-order valence-electron chi connectivity index (χ0n) is 8.03. The summed E-state index contributed by atoms with van der Waals surface area (Å²) in [6.45, 7) is -2.94. The van der Waals surface area contributed by atoms with Crippen molar-refractivity contribution in [2.24, 2.45) is 0 Å². The molecule has 1 unspecified atom stereocenters. The first-order valence-electron chi connectivity index (χ1n) is 4.34.